The van der Waals surface area contributed by atoms with Crippen LogP contribution in [0.1, 0.15) is 93.4 Å². The fraction of sp³-hybridized carbons (Fsp3) is 0.174. The molecule has 12 heteroatoms. The minimum absolute atomic E-state index is 0. The number of hydrogen-bond donors (Lipinski definition) is 2. The molecule has 6 aromatic rings. The van der Waals surface area contributed by atoms with E-state index in [1.807, 2.05) is 111 Å². The molecule has 1 radical (unpaired) electrons. The molecule has 0 saturated carbocycles. The number of nitrogens with zero attached hydrogens (tertiary/aromatic N) is 2. The van der Waals surface area contributed by atoms with E-state index in [9.17, 15) is 35.4 Å². The molecular weight excluding hydrogens is 812 g/mol. The van der Waals surface area contributed by atoms with Crippen molar-refractivity contribution in [1.29, 1.82) is 0 Å². The summed E-state index contributed by atoms with van der Waals surface area (Å²) in [6.45, 7) is 8.32. The van der Waals surface area contributed by atoms with Gasteiger partial charge in [-0.1, -0.05) is 147 Å². The molecule has 6 aromatic carbocycles. The third-order valence-electron chi connectivity index (χ3n) is 9.73. The van der Waals surface area contributed by atoms with Crippen molar-refractivity contribution in [2.75, 3.05) is 0 Å². The summed E-state index contributed by atoms with van der Waals surface area (Å²) < 4.78 is 59.2. The first-order chi connectivity index (χ1) is 26.8. The molecule has 4 atom stereocenters. The minimum Gasteiger partial charge on any atom is 0 e. The number of hydrogen-bond acceptors (Lipinski definition) is 4. The average molecular weight is 857 g/mol. The van der Waals surface area contributed by atoms with Crippen LogP contribution in [0.3, 0.4) is 0 Å². The Morgan fingerprint density at radius 2 is 0.707 bits per heavy atom. The van der Waals surface area contributed by atoms with Crippen LogP contribution < -0.4 is 0 Å². The van der Waals surface area contributed by atoms with Gasteiger partial charge in [-0.25, -0.2) is 0 Å². The summed E-state index contributed by atoms with van der Waals surface area (Å²) >= 11 is 0. The number of aryl methyl sites for hydroxylation is 2. The molecule has 0 aliphatic rings. The second kappa shape index (κ2) is 18.2. The molecule has 0 fully saturated rings. The van der Waals surface area contributed by atoms with Crippen LogP contribution in [-0.4, -0.2) is 22.6 Å². The van der Waals surface area contributed by atoms with E-state index in [1.54, 1.807) is 12.4 Å². The molecule has 0 bridgehead atoms. The standard InChI is InChI=1S/C46H44N2O2.F6P.Mn/c1-31-25-27-39(45(49)41(31)33(3)35-17-9-5-10-18-35)29-47-43(37-21-13-7-14-22-37)44(38-23-15-8-16-24-38)48-30-40-28-26-32(2)42(46(40)50)34(4)36-19-11-6-12-20-36;1-7(2,3,4,5)6;/h5-30,33-34,43-44,49-50H,1-4H3;;/q;-1;/t33-,34-,43-,44-;;/m1../s1. The van der Waals surface area contributed by atoms with Crippen molar-refractivity contribution in [3.8, 4) is 11.5 Å². The maximum Gasteiger partial charge on any atom is 0 e. The molecule has 6 rings (SSSR count). The Morgan fingerprint density at radius 3 is 0.983 bits per heavy atom. The summed E-state index contributed by atoms with van der Waals surface area (Å²) in [5, 5.41) is 23.3. The maximum absolute atomic E-state index is 11.6. The number of aliphatic imine (C=N–C) groups is 2. The van der Waals surface area contributed by atoms with E-state index >= 15 is 0 Å². The van der Waals surface area contributed by atoms with E-state index in [4.69, 9.17) is 9.98 Å². The normalized spacial score (nSPS) is 14.9. The van der Waals surface area contributed by atoms with Crippen LogP contribution in [0, 0.1) is 13.8 Å². The SMILES string of the molecule is Cc1ccc(C=N[C@H](c2ccccc2)[C@H](N=Cc2ccc(C)c([C@H](C)c3ccccc3)c2O)c2ccccc2)c(O)c1[C@H](C)c1ccccc1.F[P-](F)(F)(F)(F)F.[Mn]. The molecule has 0 heterocycles. The number of rotatable bonds is 11. The molecule has 305 valence electrons. The van der Waals surface area contributed by atoms with E-state index in [2.05, 4.69) is 62.4 Å². The van der Waals surface area contributed by atoms with Crippen LogP contribution in [0.2, 0.25) is 0 Å². The molecule has 0 aliphatic heterocycles. The van der Waals surface area contributed by atoms with Gasteiger partial charge in [-0.15, -0.1) is 0 Å². The fourth-order valence-corrected chi connectivity index (χ4v) is 6.89. The molecule has 0 spiro atoms. The van der Waals surface area contributed by atoms with Crippen LogP contribution in [0.15, 0.2) is 156 Å². The van der Waals surface area contributed by atoms with Crippen molar-refractivity contribution in [3.63, 3.8) is 0 Å². The first-order valence-electron chi connectivity index (χ1n) is 18.3. The Bertz CT molecular complexity index is 2170. The zero-order valence-corrected chi connectivity index (χ0v) is 34.3. The number of phenolic OH excluding ortho intramolecular Hbond substituents is 2. The first kappa shape index (κ1) is 45.5. The third-order valence-corrected chi connectivity index (χ3v) is 9.73. The summed E-state index contributed by atoms with van der Waals surface area (Å²) in [7, 11) is -10.7. The van der Waals surface area contributed by atoms with Gasteiger partial charge in [0.2, 0.25) is 0 Å². The number of phenols is 2. The van der Waals surface area contributed by atoms with Crippen LogP contribution in [0.25, 0.3) is 0 Å². The summed E-state index contributed by atoms with van der Waals surface area (Å²) in [4.78, 5) is 10.4. The van der Waals surface area contributed by atoms with Crippen LogP contribution in [-0.2, 0) is 17.1 Å². The van der Waals surface area contributed by atoms with E-state index in [0.717, 1.165) is 44.5 Å². The predicted octanol–water partition coefficient (Wildman–Crippen LogP) is 14.4. The van der Waals surface area contributed by atoms with Gasteiger partial charge < -0.3 is 10.2 Å². The van der Waals surface area contributed by atoms with Crippen molar-refractivity contribution < 1.29 is 52.5 Å². The molecule has 0 unspecified atom stereocenters. The Balaban J connectivity index is 0.000000853. The molecule has 4 nitrogen and oxygen atoms in total. The summed E-state index contributed by atoms with van der Waals surface area (Å²) in [5.41, 5.74) is 9.41. The predicted molar refractivity (Wildman–Crippen MR) is 221 cm³/mol. The molecule has 0 aromatic heterocycles. The van der Waals surface area contributed by atoms with Crippen LogP contribution >= 0.6 is 7.81 Å². The zero-order chi connectivity index (χ0) is 41.4. The molecule has 0 saturated heterocycles. The molecule has 0 amide bonds. The summed E-state index contributed by atoms with van der Waals surface area (Å²) in [6, 6.07) is 47.9. The van der Waals surface area contributed by atoms with E-state index in [0.29, 0.717) is 11.1 Å². The van der Waals surface area contributed by atoms with Gasteiger partial charge in [-0.3, -0.25) is 9.98 Å². The minimum atomic E-state index is -10.7. The summed E-state index contributed by atoms with van der Waals surface area (Å²) in [5.74, 6) is 0.489. The van der Waals surface area contributed by atoms with E-state index in [1.165, 1.54) is 0 Å². The van der Waals surface area contributed by atoms with Crippen molar-refractivity contribution in [2.45, 2.75) is 51.6 Å². The summed E-state index contributed by atoms with van der Waals surface area (Å²) in [6.07, 6.45) is 3.56. The topological polar surface area (TPSA) is 65.2 Å². The second-order valence-electron chi connectivity index (χ2n) is 14.0. The van der Waals surface area contributed by atoms with Gasteiger partial charge in [0.1, 0.15) is 23.6 Å². The molecule has 0 aliphatic carbocycles. The first-order valence-corrected chi connectivity index (χ1v) is 20.3. The Kier molecular flexibility index (Phi) is 14.2. The smallest absolute Gasteiger partial charge is 0 e. The van der Waals surface area contributed by atoms with Gasteiger partial charge in [-0.2, -0.15) is 0 Å². The largest absolute Gasteiger partial charge is 0 e. The number of halogens is 6. The fourth-order valence-electron chi connectivity index (χ4n) is 6.89. The van der Waals surface area contributed by atoms with Gasteiger partial charge in [0.15, 0.2) is 0 Å². The second-order valence-corrected chi connectivity index (χ2v) is 15.9. The van der Waals surface area contributed by atoms with Crippen molar-refractivity contribution in [1.82, 2.24) is 0 Å². The Labute approximate surface area is 345 Å². The molecule has 58 heavy (non-hydrogen) atoms. The Hall–Kier alpha value is -5.21. The molecule has 2 N–H and O–H groups in total. The average Bonchev–Trinajstić information content (AvgIpc) is 3.17. The maximum atomic E-state index is 11.6. The van der Waals surface area contributed by atoms with E-state index in [-0.39, 0.29) is 40.4 Å². The molecular formula is C46H44F6MnN2O2P-. The Morgan fingerprint density at radius 1 is 0.448 bits per heavy atom. The van der Waals surface area contributed by atoms with Gasteiger partial charge in [0.25, 0.3) is 0 Å². The third kappa shape index (κ3) is 12.9. The van der Waals surface area contributed by atoms with Gasteiger partial charge in [0, 0.05) is 63.6 Å². The number of aromatic hydroxyl groups is 2. The van der Waals surface area contributed by atoms with Crippen molar-refractivity contribution in [2.24, 2.45) is 9.98 Å². The number of benzene rings is 6. The quantitative estimate of drug-likeness (QED) is 0.0590. The monoisotopic (exact) mass is 856 g/mol. The van der Waals surface area contributed by atoms with Crippen molar-refractivity contribution in [3.05, 3.63) is 201 Å². The van der Waals surface area contributed by atoms with Gasteiger partial charge >= 0.3 is 33.0 Å². The van der Waals surface area contributed by atoms with Crippen LogP contribution in [0.5, 0.6) is 11.5 Å². The zero-order valence-electron chi connectivity index (χ0n) is 32.2. The van der Waals surface area contributed by atoms with E-state index < -0.39 is 19.9 Å². The van der Waals surface area contributed by atoms with Crippen LogP contribution in [0.4, 0.5) is 25.2 Å². The van der Waals surface area contributed by atoms with Gasteiger partial charge in [-0.05, 0) is 59.4 Å². The van der Waals surface area contributed by atoms with Gasteiger partial charge in [0.05, 0.1) is 0 Å². The van der Waals surface area contributed by atoms with Crippen molar-refractivity contribution >= 4 is 20.2 Å².